The van der Waals surface area contributed by atoms with Crippen molar-refractivity contribution in [3.8, 4) is 11.1 Å². The van der Waals surface area contributed by atoms with Crippen LogP contribution >= 0.6 is 0 Å². The summed E-state index contributed by atoms with van der Waals surface area (Å²) in [6.45, 7) is 0. The predicted octanol–water partition coefficient (Wildman–Crippen LogP) is 4.04. The second-order valence-corrected chi connectivity index (χ2v) is 5.22. The number of benzene rings is 3. The van der Waals surface area contributed by atoms with E-state index in [2.05, 4.69) is 24.3 Å². The van der Waals surface area contributed by atoms with Crippen LogP contribution in [0.5, 0.6) is 0 Å². The van der Waals surface area contributed by atoms with E-state index in [-0.39, 0.29) is 5.91 Å². The van der Waals surface area contributed by atoms with Gasteiger partial charge >= 0.3 is 0 Å². The smallest absolute Gasteiger partial charge is 0.249 e. The minimum absolute atomic E-state index is 0.385. The minimum atomic E-state index is -0.385. The quantitative estimate of drug-likeness (QED) is 0.773. The van der Waals surface area contributed by atoms with Gasteiger partial charge < -0.3 is 5.73 Å². The van der Waals surface area contributed by atoms with Gasteiger partial charge in [0.25, 0.3) is 0 Å². The molecule has 0 aliphatic carbocycles. The number of rotatable bonds is 4. The highest BCUT2D eigenvalue weighted by molar-refractivity contribution is 5.96. The van der Waals surface area contributed by atoms with Crippen molar-refractivity contribution in [1.82, 2.24) is 0 Å². The molecule has 1 amide bonds. The Morgan fingerprint density at radius 3 is 2.05 bits per heavy atom. The minimum Gasteiger partial charge on any atom is -0.366 e. The van der Waals surface area contributed by atoms with E-state index < -0.39 is 0 Å². The van der Waals surface area contributed by atoms with E-state index in [0.717, 1.165) is 22.3 Å². The van der Waals surface area contributed by atoms with Crippen molar-refractivity contribution in [2.24, 2.45) is 5.73 Å². The van der Waals surface area contributed by atoms with E-state index in [0.29, 0.717) is 12.0 Å². The van der Waals surface area contributed by atoms with Crippen LogP contribution in [0, 0.1) is 0 Å². The van der Waals surface area contributed by atoms with Crippen LogP contribution in [0.3, 0.4) is 0 Å². The lowest BCUT2D eigenvalue weighted by atomic mass is 9.91. The number of carbonyl (C=O) groups excluding carboxylic acids is 1. The van der Waals surface area contributed by atoms with Gasteiger partial charge in [0.15, 0.2) is 0 Å². The molecule has 22 heavy (non-hydrogen) atoms. The van der Waals surface area contributed by atoms with Crippen molar-refractivity contribution >= 4 is 5.91 Å². The first-order valence-corrected chi connectivity index (χ1v) is 7.27. The Hall–Kier alpha value is -2.87. The number of hydrogen-bond acceptors (Lipinski definition) is 1. The molecule has 0 aliphatic heterocycles. The summed E-state index contributed by atoms with van der Waals surface area (Å²) in [4.78, 5) is 11.8. The van der Waals surface area contributed by atoms with Crippen LogP contribution in [0.1, 0.15) is 21.5 Å². The molecule has 3 aromatic carbocycles. The first-order chi connectivity index (χ1) is 10.8. The van der Waals surface area contributed by atoms with Crippen molar-refractivity contribution in [3.05, 3.63) is 95.6 Å². The standard InChI is InChI=1S/C20H17NO/c21-20(22)18-13-7-12-17(16-10-5-2-6-11-16)19(18)14-15-8-3-1-4-9-15/h1-13H,14H2,(H2,21,22). The fourth-order valence-corrected chi connectivity index (χ4v) is 2.70. The second kappa shape index (κ2) is 6.27. The Morgan fingerprint density at radius 2 is 1.41 bits per heavy atom. The molecule has 0 saturated carbocycles. The average Bonchev–Trinajstić information content (AvgIpc) is 2.56. The van der Waals surface area contributed by atoms with Crippen molar-refractivity contribution < 1.29 is 4.79 Å². The Labute approximate surface area is 130 Å². The Bertz CT molecular complexity index is 779. The number of hydrogen-bond donors (Lipinski definition) is 1. The van der Waals surface area contributed by atoms with Crippen molar-refractivity contribution in [2.45, 2.75) is 6.42 Å². The molecule has 0 saturated heterocycles. The third kappa shape index (κ3) is 2.91. The van der Waals surface area contributed by atoms with Crippen molar-refractivity contribution in [1.29, 1.82) is 0 Å². The zero-order valence-corrected chi connectivity index (χ0v) is 12.2. The maximum atomic E-state index is 11.8. The van der Waals surface area contributed by atoms with Crippen LogP contribution in [0.15, 0.2) is 78.9 Å². The molecular formula is C20H17NO. The lowest BCUT2D eigenvalue weighted by Gasteiger charge is -2.14. The molecule has 0 fully saturated rings. The predicted molar refractivity (Wildman–Crippen MR) is 89.6 cm³/mol. The molecule has 2 nitrogen and oxygen atoms in total. The largest absolute Gasteiger partial charge is 0.366 e. The van der Waals surface area contributed by atoms with Gasteiger partial charge in [-0.05, 0) is 34.7 Å². The summed E-state index contributed by atoms with van der Waals surface area (Å²) >= 11 is 0. The lowest BCUT2D eigenvalue weighted by Crippen LogP contribution is -2.14. The average molecular weight is 287 g/mol. The highest BCUT2D eigenvalue weighted by Crippen LogP contribution is 2.28. The number of nitrogens with two attached hydrogens (primary N) is 1. The second-order valence-electron chi connectivity index (χ2n) is 5.22. The molecule has 2 N–H and O–H groups in total. The number of primary amides is 1. The maximum Gasteiger partial charge on any atom is 0.249 e. The van der Waals surface area contributed by atoms with Gasteiger partial charge in [-0.15, -0.1) is 0 Å². The lowest BCUT2D eigenvalue weighted by molar-refractivity contribution is 0.0999. The Kier molecular flexibility index (Phi) is 4.01. The van der Waals surface area contributed by atoms with Gasteiger partial charge in [-0.1, -0.05) is 72.8 Å². The van der Waals surface area contributed by atoms with Crippen LogP contribution in [-0.4, -0.2) is 5.91 Å². The molecular weight excluding hydrogens is 270 g/mol. The van der Waals surface area contributed by atoms with E-state index in [4.69, 9.17) is 5.73 Å². The maximum absolute atomic E-state index is 11.8. The van der Waals surface area contributed by atoms with E-state index in [1.807, 2.05) is 48.5 Å². The first kappa shape index (κ1) is 14.1. The number of amides is 1. The highest BCUT2D eigenvalue weighted by atomic mass is 16.1. The van der Waals surface area contributed by atoms with Crippen molar-refractivity contribution in [2.75, 3.05) is 0 Å². The molecule has 0 aliphatic rings. The van der Waals surface area contributed by atoms with Gasteiger partial charge in [0, 0.05) is 5.56 Å². The fourth-order valence-electron chi connectivity index (χ4n) is 2.70. The third-order valence-electron chi connectivity index (χ3n) is 3.75. The highest BCUT2D eigenvalue weighted by Gasteiger charge is 2.14. The molecule has 2 heteroatoms. The van der Waals surface area contributed by atoms with E-state index in [9.17, 15) is 4.79 Å². The van der Waals surface area contributed by atoms with E-state index in [1.165, 1.54) is 0 Å². The van der Waals surface area contributed by atoms with Crippen LogP contribution < -0.4 is 5.73 Å². The Morgan fingerprint density at radius 1 is 0.773 bits per heavy atom. The molecule has 3 rings (SSSR count). The zero-order valence-electron chi connectivity index (χ0n) is 12.2. The van der Waals surface area contributed by atoms with Gasteiger partial charge in [-0.25, -0.2) is 0 Å². The molecule has 0 heterocycles. The Balaban J connectivity index is 2.14. The van der Waals surface area contributed by atoms with E-state index in [1.54, 1.807) is 6.07 Å². The molecule has 0 aromatic heterocycles. The summed E-state index contributed by atoms with van der Waals surface area (Å²) < 4.78 is 0. The summed E-state index contributed by atoms with van der Waals surface area (Å²) in [6.07, 6.45) is 0.685. The molecule has 0 bridgehead atoms. The SMILES string of the molecule is NC(=O)c1cccc(-c2ccccc2)c1Cc1ccccc1. The fraction of sp³-hybridized carbons (Fsp3) is 0.0500. The summed E-state index contributed by atoms with van der Waals surface area (Å²) in [5, 5.41) is 0. The van der Waals surface area contributed by atoms with Gasteiger partial charge in [-0.3, -0.25) is 4.79 Å². The zero-order chi connectivity index (χ0) is 15.4. The van der Waals surface area contributed by atoms with Gasteiger partial charge in [-0.2, -0.15) is 0 Å². The van der Waals surface area contributed by atoms with Crippen LogP contribution in [0.2, 0.25) is 0 Å². The van der Waals surface area contributed by atoms with Crippen LogP contribution in [0.25, 0.3) is 11.1 Å². The van der Waals surface area contributed by atoms with Crippen LogP contribution in [0.4, 0.5) is 0 Å². The molecule has 108 valence electrons. The summed E-state index contributed by atoms with van der Waals surface area (Å²) in [5.41, 5.74) is 10.5. The van der Waals surface area contributed by atoms with Gasteiger partial charge in [0.05, 0.1) is 0 Å². The van der Waals surface area contributed by atoms with E-state index >= 15 is 0 Å². The molecule has 0 unspecified atom stereocenters. The van der Waals surface area contributed by atoms with Gasteiger partial charge in [0.1, 0.15) is 0 Å². The topological polar surface area (TPSA) is 43.1 Å². The summed E-state index contributed by atoms with van der Waals surface area (Å²) in [5.74, 6) is -0.385. The van der Waals surface area contributed by atoms with Crippen LogP contribution in [-0.2, 0) is 6.42 Å². The normalized spacial score (nSPS) is 10.4. The van der Waals surface area contributed by atoms with Gasteiger partial charge in [0.2, 0.25) is 5.91 Å². The van der Waals surface area contributed by atoms with Crippen molar-refractivity contribution in [3.63, 3.8) is 0 Å². The molecule has 0 atom stereocenters. The summed E-state index contributed by atoms with van der Waals surface area (Å²) in [6, 6.07) is 25.9. The third-order valence-corrected chi connectivity index (χ3v) is 3.75. The monoisotopic (exact) mass is 287 g/mol. The molecule has 3 aromatic rings. The molecule has 0 radical (unpaired) electrons. The summed E-state index contributed by atoms with van der Waals surface area (Å²) in [7, 11) is 0. The number of carbonyl (C=O) groups is 1. The molecule has 0 spiro atoms. The first-order valence-electron chi connectivity index (χ1n) is 7.27.